The quantitative estimate of drug-likeness (QED) is 0.386. The highest BCUT2D eigenvalue weighted by Gasteiger charge is 2.17. The topological polar surface area (TPSA) is 115 Å². The fraction of sp³-hybridized carbons (Fsp3) is 0.414. The monoisotopic (exact) mass is 536 g/mol. The number of ether oxygens (including phenoxy) is 3. The first-order chi connectivity index (χ1) is 18.7. The summed E-state index contributed by atoms with van der Waals surface area (Å²) < 4.78 is 22.0. The van der Waals surface area contributed by atoms with Gasteiger partial charge in [-0.3, -0.25) is 14.5 Å². The Kier molecular flexibility index (Phi) is 9.34. The number of benzene rings is 2. The number of morpholine rings is 1. The van der Waals surface area contributed by atoms with Gasteiger partial charge in [0.25, 0.3) is 0 Å². The molecule has 1 aliphatic rings. The first-order valence-electron chi connectivity index (χ1n) is 13.0. The minimum atomic E-state index is -0.277. The number of methoxy groups -OCH3 is 1. The minimum absolute atomic E-state index is 0.0300. The van der Waals surface area contributed by atoms with Gasteiger partial charge in [0.15, 0.2) is 0 Å². The van der Waals surface area contributed by atoms with Gasteiger partial charge in [-0.15, -0.1) is 0 Å². The Morgan fingerprint density at radius 1 is 0.949 bits per heavy atom. The third-order valence-corrected chi connectivity index (χ3v) is 6.51. The van der Waals surface area contributed by atoms with Gasteiger partial charge in [-0.2, -0.15) is 0 Å². The molecule has 4 rings (SSSR count). The van der Waals surface area contributed by atoms with Gasteiger partial charge in [0.1, 0.15) is 23.9 Å². The average Bonchev–Trinajstić information content (AvgIpc) is 3.23. The van der Waals surface area contributed by atoms with Crippen molar-refractivity contribution in [3.05, 3.63) is 52.9 Å². The van der Waals surface area contributed by atoms with Crippen molar-refractivity contribution in [1.29, 1.82) is 0 Å². The van der Waals surface area contributed by atoms with E-state index in [0.29, 0.717) is 49.1 Å². The number of carbonyl (C=O) groups excluding carboxylic acids is 2. The highest BCUT2D eigenvalue weighted by Crippen LogP contribution is 2.37. The van der Waals surface area contributed by atoms with Crippen LogP contribution in [0.25, 0.3) is 11.1 Å². The second kappa shape index (κ2) is 12.9. The zero-order chi connectivity index (χ0) is 27.9. The van der Waals surface area contributed by atoms with E-state index in [1.54, 1.807) is 6.07 Å². The molecule has 1 saturated heterocycles. The summed E-state index contributed by atoms with van der Waals surface area (Å²) in [6, 6.07) is 9.29. The standard InChI is InChI=1S/C29H36N4O6/c1-18-12-23(30-26(34)6-7-33-8-10-37-11-9-33)13-19(2)29(18)38-25-15-22(28-20(3)32-39-21(28)4)14-24(16-25)31-27(35)17-36-5/h12-16H,6-11,17H2,1-5H3,(H,30,34)(H,31,35). The summed E-state index contributed by atoms with van der Waals surface area (Å²) in [5, 5.41) is 9.92. The van der Waals surface area contributed by atoms with Crippen LogP contribution in [0.15, 0.2) is 34.9 Å². The van der Waals surface area contributed by atoms with Crippen molar-refractivity contribution < 1.29 is 28.3 Å². The largest absolute Gasteiger partial charge is 0.457 e. The molecule has 0 unspecified atom stereocenters. The molecule has 0 spiro atoms. The number of hydrogen-bond donors (Lipinski definition) is 2. The minimum Gasteiger partial charge on any atom is -0.457 e. The van der Waals surface area contributed by atoms with E-state index in [1.165, 1.54) is 7.11 Å². The van der Waals surface area contributed by atoms with Crippen LogP contribution in [0.5, 0.6) is 11.5 Å². The summed E-state index contributed by atoms with van der Waals surface area (Å²) >= 11 is 0. The van der Waals surface area contributed by atoms with Crippen LogP contribution in [0.4, 0.5) is 11.4 Å². The Labute approximate surface area is 228 Å². The zero-order valence-corrected chi connectivity index (χ0v) is 23.2. The van der Waals surface area contributed by atoms with E-state index >= 15 is 0 Å². The van der Waals surface area contributed by atoms with Crippen LogP contribution in [0, 0.1) is 27.7 Å². The molecular formula is C29H36N4O6. The number of amides is 2. The summed E-state index contributed by atoms with van der Waals surface area (Å²) in [6.45, 7) is 11.4. The Morgan fingerprint density at radius 3 is 2.26 bits per heavy atom. The normalized spacial score (nSPS) is 13.8. The predicted molar refractivity (Wildman–Crippen MR) is 148 cm³/mol. The first-order valence-corrected chi connectivity index (χ1v) is 13.0. The van der Waals surface area contributed by atoms with Gasteiger partial charge in [0.05, 0.1) is 18.9 Å². The van der Waals surface area contributed by atoms with Crippen molar-refractivity contribution in [2.75, 3.05) is 57.2 Å². The Bertz CT molecular complexity index is 1290. The second-order valence-corrected chi connectivity index (χ2v) is 9.72. The maximum absolute atomic E-state index is 12.6. The summed E-state index contributed by atoms with van der Waals surface area (Å²) in [6.07, 6.45) is 0.419. The zero-order valence-electron chi connectivity index (χ0n) is 23.2. The van der Waals surface area contributed by atoms with E-state index in [-0.39, 0.29) is 18.4 Å². The van der Waals surface area contributed by atoms with Gasteiger partial charge >= 0.3 is 0 Å². The van der Waals surface area contributed by atoms with E-state index in [4.69, 9.17) is 18.7 Å². The van der Waals surface area contributed by atoms with Crippen LogP contribution in [0.2, 0.25) is 0 Å². The van der Waals surface area contributed by atoms with Crippen molar-refractivity contribution in [3.63, 3.8) is 0 Å². The van der Waals surface area contributed by atoms with E-state index in [1.807, 2.05) is 52.0 Å². The van der Waals surface area contributed by atoms with Gasteiger partial charge in [-0.1, -0.05) is 5.16 Å². The molecular weight excluding hydrogens is 500 g/mol. The van der Waals surface area contributed by atoms with E-state index in [9.17, 15) is 9.59 Å². The Balaban J connectivity index is 1.53. The molecule has 2 aromatic carbocycles. The fourth-order valence-corrected chi connectivity index (χ4v) is 4.71. The maximum atomic E-state index is 12.6. The number of nitrogens with one attached hydrogen (secondary N) is 2. The molecule has 39 heavy (non-hydrogen) atoms. The first kappa shape index (κ1) is 28.3. The van der Waals surface area contributed by atoms with Crippen LogP contribution in [0.1, 0.15) is 29.0 Å². The summed E-state index contributed by atoms with van der Waals surface area (Å²) in [7, 11) is 1.47. The third kappa shape index (κ3) is 7.44. The van der Waals surface area contributed by atoms with Crippen molar-refractivity contribution >= 4 is 23.2 Å². The molecule has 0 bridgehead atoms. The highest BCUT2D eigenvalue weighted by atomic mass is 16.5. The molecule has 1 aromatic heterocycles. The van der Waals surface area contributed by atoms with Crippen LogP contribution < -0.4 is 15.4 Å². The third-order valence-electron chi connectivity index (χ3n) is 6.51. The van der Waals surface area contributed by atoms with Gasteiger partial charge < -0.3 is 29.4 Å². The van der Waals surface area contributed by atoms with Gasteiger partial charge in [0.2, 0.25) is 11.8 Å². The van der Waals surface area contributed by atoms with Gasteiger partial charge in [0, 0.05) is 56.2 Å². The second-order valence-electron chi connectivity index (χ2n) is 9.72. The molecule has 2 N–H and O–H groups in total. The number of aryl methyl sites for hydroxylation is 4. The van der Waals surface area contributed by atoms with Crippen molar-refractivity contribution in [1.82, 2.24) is 10.1 Å². The molecule has 1 aliphatic heterocycles. The molecule has 0 atom stereocenters. The Morgan fingerprint density at radius 2 is 1.62 bits per heavy atom. The summed E-state index contributed by atoms with van der Waals surface area (Å²) in [4.78, 5) is 27.0. The van der Waals surface area contributed by atoms with Crippen LogP contribution in [0.3, 0.4) is 0 Å². The van der Waals surface area contributed by atoms with E-state index in [2.05, 4.69) is 20.7 Å². The van der Waals surface area contributed by atoms with E-state index < -0.39 is 0 Å². The number of anilines is 2. The molecule has 2 amide bonds. The lowest BCUT2D eigenvalue weighted by Crippen LogP contribution is -2.38. The molecule has 3 aromatic rings. The number of aromatic nitrogens is 1. The molecule has 208 valence electrons. The smallest absolute Gasteiger partial charge is 0.250 e. The molecule has 10 heteroatoms. The molecule has 0 saturated carbocycles. The average molecular weight is 537 g/mol. The SMILES string of the molecule is COCC(=O)Nc1cc(Oc2c(C)cc(NC(=O)CCN3CCOCC3)cc2C)cc(-c2c(C)noc2C)c1. The fourth-order valence-electron chi connectivity index (χ4n) is 4.71. The van der Waals surface area contributed by atoms with Crippen molar-refractivity contribution in [3.8, 4) is 22.6 Å². The van der Waals surface area contributed by atoms with Crippen LogP contribution >= 0.6 is 0 Å². The maximum Gasteiger partial charge on any atom is 0.250 e. The summed E-state index contributed by atoms with van der Waals surface area (Å²) in [5.74, 6) is 1.57. The lowest BCUT2D eigenvalue weighted by Gasteiger charge is -2.26. The highest BCUT2D eigenvalue weighted by molar-refractivity contribution is 5.93. The molecule has 1 fully saturated rings. The predicted octanol–water partition coefficient (Wildman–Crippen LogP) is 4.61. The Hall–Kier alpha value is -3.73. The van der Waals surface area contributed by atoms with Crippen molar-refractivity contribution in [2.45, 2.75) is 34.1 Å². The number of rotatable bonds is 10. The molecule has 0 aliphatic carbocycles. The molecule has 0 radical (unpaired) electrons. The molecule has 10 nitrogen and oxygen atoms in total. The lowest BCUT2D eigenvalue weighted by molar-refractivity contribution is -0.119. The number of carbonyl (C=O) groups is 2. The summed E-state index contributed by atoms with van der Waals surface area (Å²) in [5.41, 5.74) is 5.39. The number of hydrogen-bond acceptors (Lipinski definition) is 8. The van der Waals surface area contributed by atoms with Crippen LogP contribution in [-0.2, 0) is 19.1 Å². The van der Waals surface area contributed by atoms with Crippen LogP contribution in [-0.4, -0.2) is 68.4 Å². The van der Waals surface area contributed by atoms with E-state index in [0.717, 1.165) is 46.7 Å². The van der Waals surface area contributed by atoms with Gasteiger partial charge in [-0.25, -0.2) is 0 Å². The van der Waals surface area contributed by atoms with Gasteiger partial charge in [-0.05, 0) is 68.7 Å². The number of nitrogens with zero attached hydrogens (tertiary/aromatic N) is 2. The van der Waals surface area contributed by atoms with Crippen molar-refractivity contribution in [2.24, 2.45) is 0 Å². The lowest BCUT2D eigenvalue weighted by atomic mass is 10.0. The molecule has 2 heterocycles.